The van der Waals surface area contributed by atoms with Gasteiger partial charge in [-0.25, -0.2) is 4.79 Å². The SMILES string of the molecule is COC(=O)OC1=CCCN(CCOc2ccc(C(F)(F)F)cc2)C1. The van der Waals surface area contributed by atoms with Crippen molar-refractivity contribution in [2.24, 2.45) is 0 Å². The number of rotatable bonds is 5. The molecule has 1 aliphatic rings. The quantitative estimate of drug-likeness (QED) is 0.765. The van der Waals surface area contributed by atoms with E-state index >= 15 is 0 Å². The fourth-order valence-electron chi connectivity index (χ4n) is 2.22. The number of alkyl halides is 3. The highest BCUT2D eigenvalue weighted by atomic mass is 19.4. The molecule has 0 saturated carbocycles. The van der Waals surface area contributed by atoms with Crippen LogP contribution in [0.5, 0.6) is 5.75 Å². The highest BCUT2D eigenvalue weighted by Gasteiger charge is 2.30. The molecule has 0 amide bonds. The molecule has 0 aromatic heterocycles. The van der Waals surface area contributed by atoms with Crippen LogP contribution in [0.15, 0.2) is 36.1 Å². The van der Waals surface area contributed by atoms with Crippen molar-refractivity contribution < 1.29 is 32.2 Å². The highest BCUT2D eigenvalue weighted by Crippen LogP contribution is 2.30. The Balaban J connectivity index is 1.76. The fraction of sp³-hybridized carbons (Fsp3) is 0.438. The van der Waals surface area contributed by atoms with Gasteiger partial charge in [0.05, 0.1) is 19.2 Å². The molecular formula is C16H18F3NO4. The van der Waals surface area contributed by atoms with E-state index in [0.29, 0.717) is 31.2 Å². The standard InChI is InChI=1S/C16H18F3NO4/c1-22-15(21)24-14-3-2-8-20(11-14)9-10-23-13-6-4-12(5-7-13)16(17,18)19/h3-7H,2,8-11H2,1H3. The average molecular weight is 345 g/mol. The van der Waals surface area contributed by atoms with E-state index in [2.05, 4.69) is 4.74 Å². The smallest absolute Gasteiger partial charge is 0.492 e. The predicted octanol–water partition coefficient (Wildman–Crippen LogP) is 3.46. The summed E-state index contributed by atoms with van der Waals surface area (Å²) in [5, 5.41) is 0. The Labute approximate surface area is 137 Å². The summed E-state index contributed by atoms with van der Waals surface area (Å²) < 4.78 is 52.3. The number of halogens is 3. The Morgan fingerprint density at radius 3 is 2.58 bits per heavy atom. The van der Waals surface area contributed by atoms with Gasteiger partial charge in [0.15, 0.2) is 0 Å². The van der Waals surface area contributed by atoms with Gasteiger partial charge in [0.2, 0.25) is 0 Å². The number of nitrogens with zero attached hydrogens (tertiary/aromatic N) is 1. The van der Waals surface area contributed by atoms with Crippen LogP contribution >= 0.6 is 0 Å². The molecule has 0 fully saturated rings. The van der Waals surface area contributed by atoms with Gasteiger partial charge in [-0.2, -0.15) is 13.2 Å². The number of benzene rings is 1. The number of hydrogen-bond donors (Lipinski definition) is 0. The minimum Gasteiger partial charge on any atom is -0.492 e. The van der Waals surface area contributed by atoms with E-state index < -0.39 is 17.9 Å². The van der Waals surface area contributed by atoms with Gasteiger partial charge in [0.25, 0.3) is 0 Å². The molecule has 1 heterocycles. The second-order valence-electron chi connectivity index (χ2n) is 5.16. The van der Waals surface area contributed by atoms with E-state index in [4.69, 9.17) is 9.47 Å². The summed E-state index contributed by atoms with van der Waals surface area (Å²) >= 11 is 0. The van der Waals surface area contributed by atoms with E-state index in [1.54, 1.807) is 0 Å². The maximum Gasteiger partial charge on any atom is 0.513 e. The van der Waals surface area contributed by atoms with Crippen molar-refractivity contribution in [3.05, 3.63) is 41.7 Å². The van der Waals surface area contributed by atoms with Crippen LogP contribution in [0.1, 0.15) is 12.0 Å². The summed E-state index contributed by atoms with van der Waals surface area (Å²) in [6, 6.07) is 4.57. The first-order valence-electron chi connectivity index (χ1n) is 7.36. The summed E-state index contributed by atoms with van der Waals surface area (Å²) in [6.07, 6.45) is -2.56. The first-order valence-corrected chi connectivity index (χ1v) is 7.36. The molecule has 0 aliphatic carbocycles. The summed E-state index contributed by atoms with van der Waals surface area (Å²) in [4.78, 5) is 13.1. The average Bonchev–Trinajstić information content (AvgIpc) is 2.55. The molecule has 1 aliphatic heterocycles. The molecule has 0 saturated heterocycles. The van der Waals surface area contributed by atoms with Crippen molar-refractivity contribution in [1.82, 2.24) is 4.90 Å². The zero-order chi connectivity index (χ0) is 17.6. The molecule has 0 spiro atoms. The van der Waals surface area contributed by atoms with E-state index in [1.165, 1.54) is 19.2 Å². The Morgan fingerprint density at radius 2 is 1.96 bits per heavy atom. The molecule has 0 bridgehead atoms. The predicted molar refractivity (Wildman–Crippen MR) is 79.6 cm³/mol. The van der Waals surface area contributed by atoms with Crippen molar-refractivity contribution in [2.45, 2.75) is 12.6 Å². The van der Waals surface area contributed by atoms with Crippen molar-refractivity contribution >= 4 is 6.16 Å². The molecule has 0 radical (unpaired) electrons. The Bertz CT molecular complexity index is 584. The van der Waals surface area contributed by atoms with Crippen LogP contribution in [0.2, 0.25) is 0 Å². The summed E-state index contributed by atoms with van der Waals surface area (Å²) in [6.45, 7) is 2.11. The normalized spacial score (nSPS) is 15.6. The van der Waals surface area contributed by atoms with E-state index in [1.807, 2.05) is 11.0 Å². The molecule has 2 rings (SSSR count). The highest BCUT2D eigenvalue weighted by molar-refractivity contribution is 5.61. The zero-order valence-corrected chi connectivity index (χ0v) is 13.1. The lowest BCUT2D eigenvalue weighted by atomic mass is 10.2. The second-order valence-corrected chi connectivity index (χ2v) is 5.16. The molecule has 8 heteroatoms. The van der Waals surface area contributed by atoms with E-state index in [0.717, 1.165) is 25.1 Å². The Hall–Kier alpha value is -2.22. The number of methoxy groups -OCH3 is 1. The molecule has 0 unspecified atom stereocenters. The molecular weight excluding hydrogens is 327 g/mol. The summed E-state index contributed by atoms with van der Waals surface area (Å²) in [7, 11) is 1.24. The third-order valence-electron chi connectivity index (χ3n) is 3.44. The van der Waals surface area contributed by atoms with Gasteiger partial charge in [0, 0.05) is 13.1 Å². The lowest BCUT2D eigenvalue weighted by molar-refractivity contribution is -0.137. The van der Waals surface area contributed by atoms with Gasteiger partial charge in [0.1, 0.15) is 18.1 Å². The Kier molecular flexibility index (Phi) is 6.08. The molecule has 24 heavy (non-hydrogen) atoms. The van der Waals surface area contributed by atoms with Crippen LogP contribution in [0.3, 0.4) is 0 Å². The van der Waals surface area contributed by atoms with E-state index in [9.17, 15) is 18.0 Å². The summed E-state index contributed by atoms with van der Waals surface area (Å²) in [5.74, 6) is 0.893. The molecule has 0 N–H and O–H groups in total. The van der Waals surface area contributed by atoms with Gasteiger partial charge in [-0.15, -0.1) is 0 Å². The van der Waals surface area contributed by atoms with Gasteiger partial charge >= 0.3 is 12.3 Å². The molecule has 1 aromatic carbocycles. The van der Waals surface area contributed by atoms with Crippen LogP contribution in [0.25, 0.3) is 0 Å². The lowest BCUT2D eigenvalue weighted by Gasteiger charge is -2.26. The van der Waals surface area contributed by atoms with Crippen molar-refractivity contribution in [2.75, 3.05) is 33.4 Å². The zero-order valence-electron chi connectivity index (χ0n) is 13.1. The maximum atomic E-state index is 12.5. The van der Waals surface area contributed by atoms with Gasteiger partial charge in [-0.3, -0.25) is 4.90 Å². The minimum atomic E-state index is -4.35. The molecule has 1 aromatic rings. The third kappa shape index (κ3) is 5.45. The maximum absolute atomic E-state index is 12.5. The second kappa shape index (κ2) is 8.05. The van der Waals surface area contributed by atoms with Crippen LogP contribution in [0, 0.1) is 0 Å². The van der Waals surface area contributed by atoms with Crippen molar-refractivity contribution in [3.63, 3.8) is 0 Å². The lowest BCUT2D eigenvalue weighted by Crippen LogP contribution is -2.34. The Morgan fingerprint density at radius 1 is 1.25 bits per heavy atom. The minimum absolute atomic E-state index is 0.316. The number of hydrogen-bond acceptors (Lipinski definition) is 5. The van der Waals surface area contributed by atoms with Gasteiger partial charge in [-0.05, 0) is 36.8 Å². The van der Waals surface area contributed by atoms with Gasteiger partial charge in [-0.1, -0.05) is 0 Å². The fourth-order valence-corrected chi connectivity index (χ4v) is 2.22. The third-order valence-corrected chi connectivity index (χ3v) is 3.44. The van der Waals surface area contributed by atoms with Crippen molar-refractivity contribution in [3.8, 4) is 5.75 Å². The molecule has 132 valence electrons. The van der Waals surface area contributed by atoms with Crippen molar-refractivity contribution in [1.29, 1.82) is 0 Å². The van der Waals surface area contributed by atoms with Gasteiger partial charge < -0.3 is 14.2 Å². The van der Waals surface area contributed by atoms with Crippen LogP contribution < -0.4 is 4.74 Å². The monoisotopic (exact) mass is 345 g/mol. The number of ether oxygens (including phenoxy) is 3. The number of carbonyl (C=O) groups is 1. The molecule has 0 atom stereocenters. The topological polar surface area (TPSA) is 48.0 Å². The number of carbonyl (C=O) groups excluding carboxylic acids is 1. The van der Waals surface area contributed by atoms with Crippen LogP contribution in [-0.4, -0.2) is 44.4 Å². The van der Waals surface area contributed by atoms with Crippen LogP contribution in [-0.2, 0) is 15.7 Å². The summed E-state index contributed by atoms with van der Waals surface area (Å²) in [5.41, 5.74) is -0.708. The first-order chi connectivity index (χ1) is 11.4. The van der Waals surface area contributed by atoms with E-state index in [-0.39, 0.29) is 0 Å². The largest absolute Gasteiger partial charge is 0.513 e. The van der Waals surface area contributed by atoms with Crippen LogP contribution in [0.4, 0.5) is 18.0 Å². The first kappa shape index (κ1) is 18.1. The molecule has 5 nitrogen and oxygen atoms in total.